The second kappa shape index (κ2) is 9.05. The summed E-state index contributed by atoms with van der Waals surface area (Å²) in [7, 11) is 0. The van der Waals surface area contributed by atoms with Crippen molar-refractivity contribution in [1.29, 1.82) is 0 Å². The van der Waals surface area contributed by atoms with Gasteiger partial charge in [0, 0.05) is 5.69 Å². The van der Waals surface area contributed by atoms with E-state index in [4.69, 9.17) is 10.6 Å². The van der Waals surface area contributed by atoms with Crippen LogP contribution in [0, 0.1) is 5.82 Å². The van der Waals surface area contributed by atoms with E-state index in [0.29, 0.717) is 16.7 Å². The molecule has 1 amide bonds. The molecule has 4 rings (SSSR count). The van der Waals surface area contributed by atoms with E-state index in [1.54, 1.807) is 19.1 Å². The summed E-state index contributed by atoms with van der Waals surface area (Å²) in [4.78, 5) is 12.6. The maximum atomic E-state index is 13.7. The molecule has 9 heteroatoms. The topological polar surface area (TPSA) is 95.1 Å². The number of halogens is 1. The molecule has 0 radical (unpaired) electrons. The predicted octanol–water partition coefficient (Wildman–Crippen LogP) is 3.98. The normalized spacial score (nSPS) is 11.9. The van der Waals surface area contributed by atoms with E-state index in [2.05, 4.69) is 15.5 Å². The van der Waals surface area contributed by atoms with Gasteiger partial charge in [0.25, 0.3) is 0 Å². The van der Waals surface area contributed by atoms with Gasteiger partial charge in [-0.3, -0.25) is 4.79 Å². The van der Waals surface area contributed by atoms with Crippen molar-refractivity contribution < 1.29 is 13.9 Å². The van der Waals surface area contributed by atoms with E-state index >= 15 is 0 Å². The molecule has 3 N–H and O–H groups in total. The lowest BCUT2D eigenvalue weighted by Gasteiger charge is -2.12. The van der Waals surface area contributed by atoms with Crippen LogP contribution in [0.15, 0.2) is 71.9 Å². The molecule has 0 aliphatic carbocycles. The lowest BCUT2D eigenvalue weighted by molar-refractivity contribution is -0.115. The van der Waals surface area contributed by atoms with Crippen molar-refractivity contribution in [3.05, 3.63) is 78.4 Å². The monoisotopic (exact) mass is 437 g/mol. The molecule has 1 heterocycles. The summed E-state index contributed by atoms with van der Waals surface area (Å²) in [5, 5.41) is 12.9. The maximum absolute atomic E-state index is 13.7. The molecule has 4 aromatic rings. The van der Waals surface area contributed by atoms with E-state index in [1.807, 2.05) is 42.5 Å². The number of fused-ring (bicyclic) bond motifs is 1. The van der Waals surface area contributed by atoms with Gasteiger partial charge in [-0.15, -0.1) is 10.2 Å². The summed E-state index contributed by atoms with van der Waals surface area (Å²) in [5.41, 5.74) is 0.712. The lowest BCUT2D eigenvalue weighted by Crippen LogP contribution is -2.24. The number of ether oxygens (including phenoxy) is 1. The zero-order valence-corrected chi connectivity index (χ0v) is 17.5. The fourth-order valence-corrected chi connectivity index (χ4v) is 3.70. The number of anilines is 1. The molecule has 158 valence electrons. The number of hydrogen-bond acceptors (Lipinski definition) is 6. The van der Waals surface area contributed by atoms with Gasteiger partial charge in [0.05, 0.1) is 5.25 Å². The zero-order valence-electron chi connectivity index (χ0n) is 16.7. The minimum atomic E-state index is -0.474. The van der Waals surface area contributed by atoms with Crippen molar-refractivity contribution in [1.82, 2.24) is 14.9 Å². The standard InChI is InChI=1S/C22H20FN5O2S/c1-14(21(29)25-17-11-10-15-6-2-3-7-16(15)12-17)31-22-27-26-20(28(22)24)13-30-19-9-5-4-8-18(19)23/h2-12,14H,13,24H2,1H3,(H,25,29). The highest BCUT2D eigenvalue weighted by atomic mass is 32.2. The minimum Gasteiger partial charge on any atom is -0.482 e. The van der Waals surface area contributed by atoms with E-state index in [9.17, 15) is 9.18 Å². The molecule has 0 saturated carbocycles. The fourth-order valence-electron chi connectivity index (χ4n) is 2.91. The number of thioether (sulfide) groups is 1. The van der Waals surface area contributed by atoms with Crippen molar-refractivity contribution in [2.24, 2.45) is 0 Å². The number of aromatic nitrogens is 3. The van der Waals surface area contributed by atoms with Gasteiger partial charge in [0.2, 0.25) is 11.1 Å². The SMILES string of the molecule is CC(Sc1nnc(COc2ccccc2F)n1N)C(=O)Nc1ccc2ccccc2c1. The van der Waals surface area contributed by atoms with Gasteiger partial charge in [-0.05, 0) is 42.0 Å². The van der Waals surface area contributed by atoms with Gasteiger partial charge >= 0.3 is 0 Å². The number of para-hydroxylation sites is 1. The summed E-state index contributed by atoms with van der Waals surface area (Å²) in [6, 6.07) is 19.7. The number of carbonyl (C=O) groups is 1. The first kappa shape index (κ1) is 20.7. The van der Waals surface area contributed by atoms with Gasteiger partial charge in [0.15, 0.2) is 17.4 Å². The molecule has 1 aromatic heterocycles. The van der Waals surface area contributed by atoms with Crippen molar-refractivity contribution in [2.75, 3.05) is 11.2 Å². The Labute approximate surface area is 182 Å². The van der Waals surface area contributed by atoms with Gasteiger partial charge in [0.1, 0.15) is 6.61 Å². The summed E-state index contributed by atoms with van der Waals surface area (Å²) < 4.78 is 20.3. The largest absolute Gasteiger partial charge is 0.482 e. The van der Waals surface area contributed by atoms with Crippen LogP contribution in [0.1, 0.15) is 12.7 Å². The number of hydrogen-bond donors (Lipinski definition) is 2. The molecular weight excluding hydrogens is 417 g/mol. The number of benzene rings is 3. The highest BCUT2D eigenvalue weighted by molar-refractivity contribution is 8.00. The average molecular weight is 438 g/mol. The van der Waals surface area contributed by atoms with Crippen molar-refractivity contribution in [3.63, 3.8) is 0 Å². The Kier molecular flexibility index (Phi) is 6.03. The number of carbonyl (C=O) groups excluding carboxylic acids is 1. The maximum Gasteiger partial charge on any atom is 0.237 e. The molecule has 1 atom stereocenters. The number of nitrogens with zero attached hydrogens (tertiary/aromatic N) is 3. The van der Waals surface area contributed by atoms with Crippen LogP contribution >= 0.6 is 11.8 Å². The summed E-state index contributed by atoms with van der Waals surface area (Å²) >= 11 is 1.17. The third-order valence-electron chi connectivity index (χ3n) is 4.60. The minimum absolute atomic E-state index is 0.0529. The molecule has 0 fully saturated rings. The number of rotatable bonds is 7. The van der Waals surface area contributed by atoms with Gasteiger partial charge in [-0.2, -0.15) is 0 Å². The molecule has 0 spiro atoms. The summed E-state index contributed by atoms with van der Waals surface area (Å²) in [5.74, 6) is 5.79. The van der Waals surface area contributed by atoms with Crippen LogP contribution in [0.5, 0.6) is 5.75 Å². The van der Waals surface area contributed by atoms with Crippen LogP contribution in [0.4, 0.5) is 10.1 Å². The third-order valence-corrected chi connectivity index (χ3v) is 5.65. The molecular formula is C22H20FN5O2S. The number of amides is 1. The van der Waals surface area contributed by atoms with Crippen LogP contribution in [-0.2, 0) is 11.4 Å². The van der Waals surface area contributed by atoms with Gasteiger partial charge < -0.3 is 15.9 Å². The second-order valence-corrected chi connectivity index (χ2v) is 8.11. The molecule has 0 saturated heterocycles. The molecule has 31 heavy (non-hydrogen) atoms. The van der Waals surface area contributed by atoms with Crippen molar-refractivity contribution in [2.45, 2.75) is 23.9 Å². The lowest BCUT2D eigenvalue weighted by atomic mass is 10.1. The van der Waals surface area contributed by atoms with Gasteiger partial charge in [-0.25, -0.2) is 9.07 Å². The number of nitrogen functional groups attached to an aromatic ring is 1. The van der Waals surface area contributed by atoms with Crippen LogP contribution in [0.25, 0.3) is 10.8 Å². The van der Waals surface area contributed by atoms with Crippen molar-refractivity contribution in [3.8, 4) is 5.75 Å². The van der Waals surface area contributed by atoms with E-state index in [0.717, 1.165) is 10.8 Å². The third kappa shape index (κ3) is 4.77. The smallest absolute Gasteiger partial charge is 0.237 e. The Morgan fingerprint density at radius 2 is 1.87 bits per heavy atom. The fraction of sp³-hybridized carbons (Fsp3) is 0.136. The molecule has 3 aromatic carbocycles. The Morgan fingerprint density at radius 3 is 2.68 bits per heavy atom. The van der Waals surface area contributed by atoms with Crippen molar-refractivity contribution >= 4 is 34.1 Å². The molecule has 0 aliphatic heterocycles. The summed E-state index contributed by atoms with van der Waals surface area (Å²) in [6.07, 6.45) is 0. The molecule has 0 aliphatic rings. The van der Waals surface area contributed by atoms with Crippen LogP contribution in [0.3, 0.4) is 0 Å². The van der Waals surface area contributed by atoms with E-state index in [1.165, 1.54) is 28.6 Å². The van der Waals surface area contributed by atoms with Crippen LogP contribution in [-0.4, -0.2) is 26.0 Å². The Balaban J connectivity index is 1.38. The average Bonchev–Trinajstić information content (AvgIpc) is 3.12. The highest BCUT2D eigenvalue weighted by Gasteiger charge is 2.20. The predicted molar refractivity (Wildman–Crippen MR) is 119 cm³/mol. The zero-order chi connectivity index (χ0) is 21.8. The second-order valence-electron chi connectivity index (χ2n) is 6.80. The number of nitrogens with two attached hydrogens (primary N) is 1. The van der Waals surface area contributed by atoms with Crippen LogP contribution in [0.2, 0.25) is 0 Å². The van der Waals surface area contributed by atoms with E-state index in [-0.39, 0.29) is 18.3 Å². The van der Waals surface area contributed by atoms with Crippen LogP contribution < -0.4 is 15.9 Å². The molecule has 1 unspecified atom stereocenters. The summed E-state index contributed by atoms with van der Waals surface area (Å²) in [6.45, 7) is 1.70. The first-order valence-electron chi connectivity index (χ1n) is 9.54. The Bertz CT molecular complexity index is 1230. The Hall–Kier alpha value is -3.59. The van der Waals surface area contributed by atoms with E-state index < -0.39 is 11.1 Å². The highest BCUT2D eigenvalue weighted by Crippen LogP contribution is 2.24. The number of nitrogens with one attached hydrogen (secondary N) is 1. The molecule has 7 nitrogen and oxygen atoms in total. The first-order chi connectivity index (χ1) is 15.0. The van der Waals surface area contributed by atoms with Gasteiger partial charge in [-0.1, -0.05) is 54.2 Å². The quantitative estimate of drug-likeness (QED) is 0.335. The first-order valence-corrected chi connectivity index (χ1v) is 10.4. The molecule has 0 bridgehead atoms. The Morgan fingerprint density at radius 1 is 1.13 bits per heavy atom.